The van der Waals surface area contributed by atoms with E-state index in [2.05, 4.69) is 51.0 Å². The molecular formula is C16H16Br2ClNO. The highest BCUT2D eigenvalue weighted by Gasteiger charge is 2.07. The van der Waals surface area contributed by atoms with E-state index in [4.69, 9.17) is 16.3 Å². The van der Waals surface area contributed by atoms with Gasteiger partial charge in [0.15, 0.2) is 0 Å². The van der Waals surface area contributed by atoms with Crippen molar-refractivity contribution in [2.24, 2.45) is 0 Å². The highest BCUT2D eigenvalue weighted by molar-refractivity contribution is 9.11. The normalized spacial score (nSPS) is 11.0. The second kappa shape index (κ2) is 7.63. The Morgan fingerprint density at radius 2 is 1.90 bits per heavy atom. The molecule has 0 aliphatic heterocycles. The fraction of sp³-hybridized carbons (Fsp3) is 0.250. The van der Waals surface area contributed by atoms with Crippen molar-refractivity contribution in [2.75, 3.05) is 0 Å². The third-order valence-electron chi connectivity index (χ3n) is 2.85. The van der Waals surface area contributed by atoms with Crippen LogP contribution in [0.15, 0.2) is 45.3 Å². The van der Waals surface area contributed by atoms with E-state index in [-0.39, 0.29) is 0 Å². The van der Waals surface area contributed by atoms with Gasteiger partial charge in [-0.1, -0.05) is 47.4 Å². The lowest BCUT2D eigenvalue weighted by molar-refractivity contribution is 0.479. The SMILES string of the molecule is CC(C)NCc1ccc(Oc2ccc(Br)cc2Br)cc1Cl. The van der Waals surface area contributed by atoms with E-state index in [1.807, 2.05) is 36.4 Å². The van der Waals surface area contributed by atoms with Gasteiger partial charge in [-0.15, -0.1) is 0 Å². The zero-order chi connectivity index (χ0) is 15.4. The monoisotopic (exact) mass is 431 g/mol. The van der Waals surface area contributed by atoms with Gasteiger partial charge in [0.1, 0.15) is 11.5 Å². The molecule has 0 bridgehead atoms. The summed E-state index contributed by atoms with van der Waals surface area (Å²) in [6, 6.07) is 12.0. The van der Waals surface area contributed by atoms with Gasteiger partial charge >= 0.3 is 0 Å². The maximum absolute atomic E-state index is 6.30. The van der Waals surface area contributed by atoms with Crippen LogP contribution in [0.3, 0.4) is 0 Å². The summed E-state index contributed by atoms with van der Waals surface area (Å²) in [6.07, 6.45) is 0. The zero-order valence-corrected chi connectivity index (χ0v) is 15.7. The molecular weight excluding hydrogens is 417 g/mol. The molecule has 0 aliphatic carbocycles. The van der Waals surface area contributed by atoms with E-state index in [0.29, 0.717) is 11.1 Å². The summed E-state index contributed by atoms with van der Waals surface area (Å²) in [4.78, 5) is 0. The molecule has 0 fully saturated rings. The number of benzene rings is 2. The number of hydrogen-bond acceptors (Lipinski definition) is 2. The Labute approximate surface area is 147 Å². The van der Waals surface area contributed by atoms with Gasteiger partial charge in [-0.2, -0.15) is 0 Å². The second-order valence-corrected chi connectivity index (χ2v) is 7.14. The van der Waals surface area contributed by atoms with Crippen molar-refractivity contribution in [1.29, 1.82) is 0 Å². The van der Waals surface area contributed by atoms with E-state index in [1.165, 1.54) is 0 Å². The Balaban J connectivity index is 2.12. The molecule has 2 nitrogen and oxygen atoms in total. The molecule has 21 heavy (non-hydrogen) atoms. The number of nitrogens with one attached hydrogen (secondary N) is 1. The molecule has 0 radical (unpaired) electrons. The molecule has 0 saturated carbocycles. The fourth-order valence-electron chi connectivity index (χ4n) is 1.73. The van der Waals surface area contributed by atoms with E-state index in [1.54, 1.807) is 0 Å². The first kappa shape index (κ1) is 16.8. The minimum Gasteiger partial charge on any atom is -0.456 e. The van der Waals surface area contributed by atoms with Crippen molar-refractivity contribution in [3.63, 3.8) is 0 Å². The Hall–Kier alpha value is -0.550. The highest BCUT2D eigenvalue weighted by atomic mass is 79.9. The first-order valence-electron chi connectivity index (χ1n) is 6.60. The minimum atomic E-state index is 0.427. The van der Waals surface area contributed by atoms with E-state index in [0.717, 1.165) is 32.6 Å². The number of halogens is 3. The molecule has 0 saturated heterocycles. The molecule has 2 rings (SSSR count). The lowest BCUT2D eigenvalue weighted by atomic mass is 10.2. The Morgan fingerprint density at radius 1 is 1.14 bits per heavy atom. The maximum atomic E-state index is 6.30. The number of ether oxygens (including phenoxy) is 1. The number of rotatable bonds is 5. The molecule has 112 valence electrons. The van der Waals surface area contributed by atoms with Crippen molar-refractivity contribution >= 4 is 43.5 Å². The first-order valence-corrected chi connectivity index (χ1v) is 8.57. The van der Waals surface area contributed by atoms with Gasteiger partial charge in [-0.3, -0.25) is 0 Å². The summed E-state index contributed by atoms with van der Waals surface area (Å²) >= 11 is 13.2. The molecule has 0 spiro atoms. The summed E-state index contributed by atoms with van der Waals surface area (Å²) in [5, 5.41) is 4.05. The predicted molar refractivity (Wildman–Crippen MR) is 95.3 cm³/mol. The van der Waals surface area contributed by atoms with E-state index in [9.17, 15) is 0 Å². The van der Waals surface area contributed by atoms with E-state index < -0.39 is 0 Å². The van der Waals surface area contributed by atoms with Gasteiger partial charge in [0.2, 0.25) is 0 Å². The molecule has 0 unspecified atom stereocenters. The molecule has 0 amide bonds. The molecule has 1 N–H and O–H groups in total. The minimum absolute atomic E-state index is 0.427. The van der Waals surface area contributed by atoms with Crippen LogP contribution in [-0.2, 0) is 6.54 Å². The zero-order valence-electron chi connectivity index (χ0n) is 11.8. The van der Waals surface area contributed by atoms with Crippen LogP contribution in [0.25, 0.3) is 0 Å². The van der Waals surface area contributed by atoms with Crippen LogP contribution < -0.4 is 10.1 Å². The van der Waals surface area contributed by atoms with Crippen LogP contribution in [0.4, 0.5) is 0 Å². The molecule has 2 aromatic rings. The second-order valence-electron chi connectivity index (χ2n) is 4.97. The Morgan fingerprint density at radius 3 is 2.52 bits per heavy atom. The summed E-state index contributed by atoms with van der Waals surface area (Å²) < 4.78 is 7.74. The van der Waals surface area contributed by atoms with Gasteiger partial charge in [0.05, 0.1) is 4.47 Å². The van der Waals surface area contributed by atoms with Crippen LogP contribution in [-0.4, -0.2) is 6.04 Å². The third-order valence-corrected chi connectivity index (χ3v) is 4.31. The highest BCUT2D eigenvalue weighted by Crippen LogP contribution is 2.33. The third kappa shape index (κ3) is 4.99. The predicted octanol–water partition coefficient (Wildman–Crippen LogP) is 6.16. The molecule has 0 heterocycles. The average Bonchev–Trinajstić information content (AvgIpc) is 2.41. The van der Waals surface area contributed by atoms with Crippen molar-refractivity contribution in [1.82, 2.24) is 5.32 Å². The van der Waals surface area contributed by atoms with Gasteiger partial charge < -0.3 is 10.1 Å². The molecule has 0 aromatic heterocycles. The van der Waals surface area contributed by atoms with Gasteiger partial charge in [0.25, 0.3) is 0 Å². The molecule has 2 aromatic carbocycles. The maximum Gasteiger partial charge on any atom is 0.141 e. The summed E-state index contributed by atoms with van der Waals surface area (Å²) in [6.45, 7) is 4.96. The van der Waals surface area contributed by atoms with Crippen LogP contribution in [0.1, 0.15) is 19.4 Å². The molecule has 5 heteroatoms. The van der Waals surface area contributed by atoms with Crippen LogP contribution in [0, 0.1) is 0 Å². The van der Waals surface area contributed by atoms with Gasteiger partial charge in [-0.05, 0) is 51.8 Å². The van der Waals surface area contributed by atoms with Crippen molar-refractivity contribution in [3.05, 3.63) is 55.9 Å². The van der Waals surface area contributed by atoms with Crippen molar-refractivity contribution < 1.29 is 4.74 Å². The standard InChI is InChI=1S/C16H16Br2ClNO/c1-10(2)20-9-11-3-5-13(8-15(11)19)21-16-6-4-12(17)7-14(16)18/h3-8,10,20H,9H2,1-2H3. The van der Waals surface area contributed by atoms with Crippen LogP contribution in [0.5, 0.6) is 11.5 Å². The topological polar surface area (TPSA) is 21.3 Å². The summed E-state index contributed by atoms with van der Waals surface area (Å²) in [5.41, 5.74) is 1.06. The number of hydrogen-bond donors (Lipinski definition) is 1. The Bertz CT molecular complexity index is 632. The smallest absolute Gasteiger partial charge is 0.141 e. The average molecular weight is 434 g/mol. The Kier molecular flexibility index (Phi) is 6.11. The van der Waals surface area contributed by atoms with Crippen molar-refractivity contribution in [2.45, 2.75) is 26.4 Å². The first-order chi connectivity index (χ1) is 9.95. The summed E-state index contributed by atoms with van der Waals surface area (Å²) in [5.74, 6) is 1.47. The largest absolute Gasteiger partial charge is 0.456 e. The van der Waals surface area contributed by atoms with Crippen LogP contribution in [0.2, 0.25) is 5.02 Å². The van der Waals surface area contributed by atoms with Crippen LogP contribution >= 0.6 is 43.5 Å². The van der Waals surface area contributed by atoms with Gasteiger partial charge in [0, 0.05) is 22.1 Å². The lowest BCUT2D eigenvalue weighted by Crippen LogP contribution is -2.21. The lowest BCUT2D eigenvalue weighted by Gasteiger charge is -2.12. The van der Waals surface area contributed by atoms with Crippen molar-refractivity contribution in [3.8, 4) is 11.5 Å². The molecule has 0 aliphatic rings. The quantitative estimate of drug-likeness (QED) is 0.610. The molecule has 0 atom stereocenters. The van der Waals surface area contributed by atoms with E-state index >= 15 is 0 Å². The fourth-order valence-corrected chi connectivity index (χ4v) is 3.10. The van der Waals surface area contributed by atoms with Gasteiger partial charge in [-0.25, -0.2) is 0 Å². The summed E-state index contributed by atoms with van der Waals surface area (Å²) in [7, 11) is 0.